The fraction of sp³-hybridized carbons (Fsp3) is 0.500. The van der Waals surface area contributed by atoms with E-state index in [9.17, 15) is 0 Å². The largest absolute Gasteiger partial charge is 0.493 e. The molecule has 1 rings (SSSR count). The first-order chi connectivity index (χ1) is 8.17. The topological polar surface area (TPSA) is 65.7 Å². The second kappa shape index (κ2) is 6.32. The summed E-state index contributed by atoms with van der Waals surface area (Å²) in [5.74, 6) is 1.82. The molecule has 0 saturated heterocycles. The highest BCUT2D eigenvalue weighted by Gasteiger charge is 2.16. The van der Waals surface area contributed by atoms with Crippen LogP contribution in [-0.2, 0) is 0 Å². The molecule has 0 aromatic heterocycles. The molecule has 5 nitrogen and oxygen atoms in total. The van der Waals surface area contributed by atoms with Crippen molar-refractivity contribution in [2.24, 2.45) is 5.73 Å². The molecule has 0 amide bonds. The highest BCUT2D eigenvalue weighted by Crippen LogP contribution is 2.39. The van der Waals surface area contributed by atoms with E-state index < -0.39 is 0 Å². The van der Waals surface area contributed by atoms with Gasteiger partial charge in [-0.3, -0.25) is 0 Å². The summed E-state index contributed by atoms with van der Waals surface area (Å²) in [4.78, 5) is 0. The van der Waals surface area contributed by atoms with Gasteiger partial charge in [0.1, 0.15) is 0 Å². The molecule has 0 radical (unpaired) electrons. The highest BCUT2D eigenvalue weighted by molar-refractivity contribution is 5.54. The molecular formula is C12H20N2O3. The zero-order chi connectivity index (χ0) is 12.8. The second-order valence-electron chi connectivity index (χ2n) is 3.62. The predicted molar refractivity (Wildman–Crippen MR) is 67.0 cm³/mol. The lowest BCUT2D eigenvalue weighted by molar-refractivity contribution is 0.323. The molecule has 0 spiro atoms. The fourth-order valence-corrected chi connectivity index (χ4v) is 1.65. The van der Waals surface area contributed by atoms with Gasteiger partial charge in [-0.25, -0.2) is 0 Å². The molecule has 0 aliphatic rings. The van der Waals surface area contributed by atoms with Crippen molar-refractivity contribution in [2.45, 2.75) is 6.04 Å². The van der Waals surface area contributed by atoms with Crippen molar-refractivity contribution in [2.75, 3.05) is 34.9 Å². The van der Waals surface area contributed by atoms with Crippen molar-refractivity contribution in [3.05, 3.63) is 17.7 Å². The van der Waals surface area contributed by atoms with Gasteiger partial charge in [-0.2, -0.15) is 0 Å². The van der Waals surface area contributed by atoms with Gasteiger partial charge in [-0.05, 0) is 24.7 Å². The normalized spacial score (nSPS) is 12.1. The van der Waals surface area contributed by atoms with E-state index in [0.717, 1.165) is 5.56 Å². The Balaban J connectivity index is 3.17. The fourth-order valence-electron chi connectivity index (χ4n) is 1.65. The van der Waals surface area contributed by atoms with Crippen LogP contribution in [0.1, 0.15) is 11.6 Å². The Morgan fingerprint density at radius 2 is 1.65 bits per heavy atom. The average Bonchev–Trinajstić information content (AvgIpc) is 2.37. The van der Waals surface area contributed by atoms with Gasteiger partial charge < -0.3 is 25.3 Å². The highest BCUT2D eigenvalue weighted by atomic mass is 16.5. The summed E-state index contributed by atoms with van der Waals surface area (Å²) in [6.45, 7) is 0.679. The van der Waals surface area contributed by atoms with Crippen LogP contribution < -0.4 is 25.3 Å². The lowest BCUT2D eigenvalue weighted by Crippen LogP contribution is -2.24. The number of hydrogen-bond donors (Lipinski definition) is 2. The van der Waals surface area contributed by atoms with Crippen LogP contribution in [0.4, 0.5) is 0 Å². The maximum atomic E-state index is 6.03. The van der Waals surface area contributed by atoms with Crippen LogP contribution in [0.3, 0.4) is 0 Å². The summed E-state index contributed by atoms with van der Waals surface area (Å²) in [5.41, 5.74) is 6.97. The molecule has 0 saturated carbocycles. The first kappa shape index (κ1) is 13.6. The number of rotatable bonds is 6. The summed E-state index contributed by atoms with van der Waals surface area (Å²) < 4.78 is 15.8. The lowest BCUT2D eigenvalue weighted by atomic mass is 10.1. The zero-order valence-corrected chi connectivity index (χ0v) is 10.7. The smallest absolute Gasteiger partial charge is 0.203 e. The Morgan fingerprint density at radius 3 is 2.00 bits per heavy atom. The van der Waals surface area contributed by atoms with Gasteiger partial charge in [-0.1, -0.05) is 0 Å². The van der Waals surface area contributed by atoms with Crippen molar-refractivity contribution in [3.8, 4) is 17.2 Å². The Labute approximate surface area is 102 Å². The van der Waals surface area contributed by atoms with Crippen molar-refractivity contribution < 1.29 is 14.2 Å². The van der Waals surface area contributed by atoms with Gasteiger partial charge in [0.05, 0.1) is 21.3 Å². The third kappa shape index (κ3) is 3.01. The molecule has 1 aromatic rings. The van der Waals surface area contributed by atoms with Gasteiger partial charge in [-0.15, -0.1) is 0 Å². The molecule has 17 heavy (non-hydrogen) atoms. The second-order valence-corrected chi connectivity index (χ2v) is 3.62. The maximum Gasteiger partial charge on any atom is 0.203 e. The molecule has 1 atom stereocenters. The summed E-state index contributed by atoms with van der Waals surface area (Å²) >= 11 is 0. The van der Waals surface area contributed by atoms with E-state index in [0.29, 0.717) is 23.8 Å². The summed E-state index contributed by atoms with van der Waals surface area (Å²) in [6, 6.07) is 3.61. The van der Waals surface area contributed by atoms with Crippen molar-refractivity contribution in [1.29, 1.82) is 0 Å². The number of methoxy groups -OCH3 is 3. The van der Waals surface area contributed by atoms with E-state index in [4.69, 9.17) is 19.9 Å². The van der Waals surface area contributed by atoms with Crippen LogP contribution in [-0.4, -0.2) is 34.9 Å². The van der Waals surface area contributed by atoms with Gasteiger partial charge in [0.15, 0.2) is 11.5 Å². The first-order valence-electron chi connectivity index (χ1n) is 5.38. The van der Waals surface area contributed by atoms with Crippen LogP contribution >= 0.6 is 0 Å². The molecule has 0 fully saturated rings. The molecule has 3 N–H and O–H groups in total. The molecule has 1 aromatic carbocycles. The van der Waals surface area contributed by atoms with Crippen molar-refractivity contribution >= 4 is 0 Å². The maximum absolute atomic E-state index is 6.03. The Kier molecular flexibility index (Phi) is 5.06. The predicted octanol–water partition coefficient (Wildman–Crippen LogP) is 0.932. The standard InChI is InChI=1S/C12H20N2O3/c1-14-7-9(13)8-5-10(15-2)12(17-4)11(6-8)16-3/h5-6,9,14H,7,13H2,1-4H3. The van der Waals surface area contributed by atoms with Crippen LogP contribution in [0.25, 0.3) is 0 Å². The van der Waals surface area contributed by atoms with Gasteiger partial charge >= 0.3 is 0 Å². The number of nitrogens with two attached hydrogens (primary N) is 1. The van der Waals surface area contributed by atoms with E-state index in [-0.39, 0.29) is 6.04 Å². The SMILES string of the molecule is CNCC(N)c1cc(OC)c(OC)c(OC)c1. The number of nitrogens with one attached hydrogen (secondary N) is 1. The summed E-state index contributed by atoms with van der Waals surface area (Å²) in [7, 11) is 6.61. The minimum absolute atomic E-state index is 0.117. The van der Waals surface area contributed by atoms with Crippen molar-refractivity contribution in [3.63, 3.8) is 0 Å². The zero-order valence-electron chi connectivity index (χ0n) is 10.7. The van der Waals surface area contributed by atoms with Crippen LogP contribution in [0.2, 0.25) is 0 Å². The quantitative estimate of drug-likeness (QED) is 0.774. The number of ether oxygens (including phenoxy) is 3. The summed E-state index contributed by atoms with van der Waals surface area (Å²) in [5, 5.41) is 3.03. The molecule has 0 heterocycles. The number of benzene rings is 1. The Morgan fingerprint density at radius 1 is 1.12 bits per heavy atom. The van der Waals surface area contributed by atoms with E-state index in [1.54, 1.807) is 21.3 Å². The molecule has 5 heteroatoms. The molecule has 0 aliphatic carbocycles. The number of likely N-dealkylation sites (N-methyl/N-ethyl adjacent to an activating group) is 1. The molecular weight excluding hydrogens is 220 g/mol. The van der Waals surface area contributed by atoms with Crippen LogP contribution in [0.15, 0.2) is 12.1 Å². The summed E-state index contributed by atoms with van der Waals surface area (Å²) in [6.07, 6.45) is 0. The van der Waals surface area contributed by atoms with Crippen LogP contribution in [0, 0.1) is 0 Å². The molecule has 1 unspecified atom stereocenters. The molecule has 96 valence electrons. The molecule has 0 aliphatic heterocycles. The first-order valence-corrected chi connectivity index (χ1v) is 5.38. The number of hydrogen-bond acceptors (Lipinski definition) is 5. The van der Waals surface area contributed by atoms with E-state index >= 15 is 0 Å². The Bertz CT molecular complexity index is 344. The van der Waals surface area contributed by atoms with Gasteiger partial charge in [0.25, 0.3) is 0 Å². The van der Waals surface area contributed by atoms with E-state index in [2.05, 4.69) is 5.32 Å². The minimum atomic E-state index is -0.117. The lowest BCUT2D eigenvalue weighted by Gasteiger charge is -2.17. The average molecular weight is 240 g/mol. The van der Waals surface area contributed by atoms with Gasteiger partial charge in [0.2, 0.25) is 5.75 Å². The molecule has 0 bridgehead atoms. The van der Waals surface area contributed by atoms with Gasteiger partial charge in [0, 0.05) is 12.6 Å². The van der Waals surface area contributed by atoms with Crippen molar-refractivity contribution in [1.82, 2.24) is 5.32 Å². The third-order valence-electron chi connectivity index (χ3n) is 2.54. The van der Waals surface area contributed by atoms with Crippen LogP contribution in [0.5, 0.6) is 17.2 Å². The third-order valence-corrected chi connectivity index (χ3v) is 2.54. The van der Waals surface area contributed by atoms with E-state index in [1.165, 1.54) is 0 Å². The minimum Gasteiger partial charge on any atom is -0.493 e. The Hall–Kier alpha value is -1.46. The van der Waals surface area contributed by atoms with E-state index in [1.807, 2.05) is 19.2 Å². The monoisotopic (exact) mass is 240 g/mol.